The minimum absolute atomic E-state index is 0.339. The van der Waals surface area contributed by atoms with Gasteiger partial charge in [-0.25, -0.2) is 0 Å². The van der Waals surface area contributed by atoms with E-state index < -0.39 is 0 Å². The molecule has 0 radical (unpaired) electrons. The van der Waals surface area contributed by atoms with Crippen molar-refractivity contribution < 1.29 is 4.79 Å². The van der Waals surface area contributed by atoms with Crippen molar-refractivity contribution >= 4 is 11.5 Å². The number of hydrogen-bond donors (Lipinski definition) is 0. The van der Waals surface area contributed by atoms with Crippen molar-refractivity contribution in [3.05, 3.63) is 29.1 Å². The Labute approximate surface area is 119 Å². The van der Waals surface area contributed by atoms with E-state index in [9.17, 15) is 4.79 Å². The summed E-state index contributed by atoms with van der Waals surface area (Å²) < 4.78 is 0. The normalized spacial score (nSPS) is 20.7. The molecule has 0 saturated heterocycles. The molecule has 0 spiro atoms. The van der Waals surface area contributed by atoms with Gasteiger partial charge in [-0.2, -0.15) is 0 Å². The molecule has 2 aliphatic carbocycles. The van der Waals surface area contributed by atoms with Gasteiger partial charge in [0.05, 0.1) is 6.54 Å². The van der Waals surface area contributed by atoms with Crippen LogP contribution in [0, 0.1) is 11.8 Å². The van der Waals surface area contributed by atoms with Gasteiger partial charge in [0.15, 0.2) is 0 Å². The van der Waals surface area contributed by atoms with Gasteiger partial charge >= 0.3 is 0 Å². The summed E-state index contributed by atoms with van der Waals surface area (Å²) in [6.07, 6.45) is 9.46. The third-order valence-corrected chi connectivity index (χ3v) is 4.61. The van der Waals surface area contributed by atoms with Gasteiger partial charge < -0.3 is 0 Å². The number of hydrogen-bond acceptors (Lipinski definition) is 3. The van der Waals surface area contributed by atoms with Gasteiger partial charge in [0, 0.05) is 41.9 Å². The zero-order valence-corrected chi connectivity index (χ0v) is 11.8. The lowest BCUT2D eigenvalue weighted by Crippen LogP contribution is -2.07. The molecule has 2 fully saturated rings. The average molecular weight is 268 g/mol. The molecular weight excluding hydrogens is 248 g/mol. The van der Waals surface area contributed by atoms with Crippen molar-refractivity contribution in [1.29, 1.82) is 0 Å². The van der Waals surface area contributed by atoms with E-state index in [2.05, 4.69) is 16.0 Å². The minimum Gasteiger partial charge on any atom is -0.299 e. The van der Waals surface area contributed by atoms with Crippen molar-refractivity contribution in [1.82, 2.24) is 4.98 Å². The number of carbonyl (C=O) groups excluding carboxylic acids is 1. The van der Waals surface area contributed by atoms with E-state index in [1.165, 1.54) is 42.5 Å². The number of ketones is 1. The molecule has 1 aromatic heterocycles. The van der Waals surface area contributed by atoms with Crippen molar-refractivity contribution in [2.45, 2.75) is 51.5 Å². The summed E-state index contributed by atoms with van der Waals surface area (Å²) in [6.45, 7) is 0.785. The Morgan fingerprint density at radius 3 is 2.85 bits per heavy atom. The minimum atomic E-state index is 0.339. The Morgan fingerprint density at radius 1 is 1.25 bits per heavy atom. The molecule has 0 bridgehead atoms. The Kier molecular flexibility index (Phi) is 2.94. The van der Waals surface area contributed by atoms with E-state index >= 15 is 0 Å². The molecule has 1 aliphatic heterocycles. The van der Waals surface area contributed by atoms with Crippen LogP contribution in [0.15, 0.2) is 17.3 Å². The number of aromatic nitrogens is 1. The quantitative estimate of drug-likeness (QED) is 0.795. The van der Waals surface area contributed by atoms with E-state index in [1.807, 2.05) is 6.20 Å². The maximum absolute atomic E-state index is 12.0. The lowest BCUT2D eigenvalue weighted by Gasteiger charge is -2.05. The first kappa shape index (κ1) is 12.2. The number of Topliss-reactive ketones (excluding diaryl/α,β-unsaturated/α-hetero) is 1. The van der Waals surface area contributed by atoms with E-state index in [1.54, 1.807) is 0 Å². The van der Waals surface area contributed by atoms with E-state index in [4.69, 9.17) is 0 Å². The van der Waals surface area contributed by atoms with Crippen molar-refractivity contribution in [2.75, 3.05) is 0 Å². The summed E-state index contributed by atoms with van der Waals surface area (Å²) in [5.74, 6) is 1.86. The van der Waals surface area contributed by atoms with Crippen LogP contribution in [0.4, 0.5) is 0 Å². The van der Waals surface area contributed by atoms with Crippen LogP contribution in [0.25, 0.3) is 0 Å². The fourth-order valence-corrected chi connectivity index (χ4v) is 3.03. The van der Waals surface area contributed by atoms with Gasteiger partial charge in [-0.05, 0) is 36.8 Å². The van der Waals surface area contributed by atoms with Gasteiger partial charge in [-0.3, -0.25) is 14.8 Å². The number of rotatable bonds is 6. The SMILES string of the molecule is O=C(CCC1CC1)Cc1cc2c(cn1)C(C1CC1)=NC2. The molecular formula is C17H20N2O. The van der Waals surface area contributed by atoms with Crippen LogP contribution in [-0.4, -0.2) is 16.5 Å². The lowest BCUT2D eigenvalue weighted by molar-refractivity contribution is -0.118. The highest BCUT2D eigenvalue weighted by atomic mass is 16.1. The molecule has 2 saturated carbocycles. The number of pyridine rings is 1. The number of aliphatic imine (C=N–C) groups is 1. The second-order valence-electron chi connectivity index (χ2n) is 6.51. The van der Waals surface area contributed by atoms with Crippen molar-refractivity contribution in [2.24, 2.45) is 16.8 Å². The van der Waals surface area contributed by atoms with Gasteiger partial charge in [0.2, 0.25) is 0 Å². The third kappa shape index (κ3) is 2.54. The van der Waals surface area contributed by atoms with Gasteiger partial charge in [0.25, 0.3) is 0 Å². The van der Waals surface area contributed by atoms with Gasteiger partial charge in [-0.1, -0.05) is 12.8 Å². The molecule has 0 aromatic carbocycles. The summed E-state index contributed by atoms with van der Waals surface area (Å²) in [5, 5.41) is 0. The van der Waals surface area contributed by atoms with Gasteiger partial charge in [0.1, 0.15) is 5.78 Å². The van der Waals surface area contributed by atoms with Crippen LogP contribution in [-0.2, 0) is 17.8 Å². The summed E-state index contributed by atoms with van der Waals surface area (Å²) in [5.41, 5.74) is 4.70. The molecule has 0 unspecified atom stereocenters. The van der Waals surface area contributed by atoms with Crippen LogP contribution in [0.1, 0.15) is 55.3 Å². The Hall–Kier alpha value is -1.51. The molecule has 1 aromatic rings. The third-order valence-electron chi connectivity index (χ3n) is 4.61. The fourth-order valence-electron chi connectivity index (χ4n) is 3.03. The highest BCUT2D eigenvalue weighted by Gasteiger charge is 2.32. The molecule has 3 heteroatoms. The molecule has 3 aliphatic rings. The number of nitrogens with zero attached hydrogens (tertiary/aromatic N) is 2. The standard InChI is InChI=1S/C17H20N2O/c20-15(6-3-11-1-2-11)8-14-7-13-9-19-17(12-4-5-12)16(13)10-18-14/h7,10-12H,1-6,8-9H2. The summed E-state index contributed by atoms with van der Waals surface area (Å²) >= 11 is 0. The molecule has 20 heavy (non-hydrogen) atoms. The Balaban J connectivity index is 1.41. The largest absolute Gasteiger partial charge is 0.299 e. The molecule has 2 heterocycles. The summed E-state index contributed by atoms with van der Waals surface area (Å²) in [7, 11) is 0. The lowest BCUT2D eigenvalue weighted by atomic mass is 10.0. The summed E-state index contributed by atoms with van der Waals surface area (Å²) in [4.78, 5) is 21.1. The Morgan fingerprint density at radius 2 is 2.10 bits per heavy atom. The number of carbonyl (C=O) groups is 1. The van der Waals surface area contributed by atoms with Crippen LogP contribution in [0.2, 0.25) is 0 Å². The van der Waals surface area contributed by atoms with Crippen LogP contribution in [0.3, 0.4) is 0 Å². The average Bonchev–Trinajstić information content (AvgIpc) is 3.35. The van der Waals surface area contributed by atoms with E-state index in [0.29, 0.717) is 18.1 Å². The highest BCUT2D eigenvalue weighted by molar-refractivity contribution is 6.06. The monoisotopic (exact) mass is 268 g/mol. The summed E-state index contributed by atoms with van der Waals surface area (Å²) in [6, 6.07) is 2.10. The van der Waals surface area contributed by atoms with Crippen molar-refractivity contribution in [3.8, 4) is 0 Å². The molecule has 0 N–H and O–H groups in total. The molecule has 0 atom stereocenters. The first-order valence-electron chi connectivity index (χ1n) is 7.84. The highest BCUT2D eigenvalue weighted by Crippen LogP contribution is 2.37. The number of fused-ring (bicyclic) bond motifs is 1. The smallest absolute Gasteiger partial charge is 0.138 e. The van der Waals surface area contributed by atoms with E-state index in [0.717, 1.165) is 31.0 Å². The zero-order chi connectivity index (χ0) is 13.5. The molecule has 0 amide bonds. The predicted octanol–water partition coefficient (Wildman–Crippen LogP) is 3.10. The molecule has 104 valence electrons. The first-order chi connectivity index (χ1) is 9.79. The maximum Gasteiger partial charge on any atom is 0.138 e. The zero-order valence-electron chi connectivity index (χ0n) is 11.8. The molecule has 4 rings (SSSR count). The van der Waals surface area contributed by atoms with Crippen LogP contribution >= 0.6 is 0 Å². The van der Waals surface area contributed by atoms with Crippen LogP contribution in [0.5, 0.6) is 0 Å². The first-order valence-corrected chi connectivity index (χ1v) is 7.84. The maximum atomic E-state index is 12.0. The van der Waals surface area contributed by atoms with E-state index in [-0.39, 0.29) is 0 Å². The second-order valence-corrected chi connectivity index (χ2v) is 6.51. The topological polar surface area (TPSA) is 42.3 Å². The Bertz CT molecular complexity index is 583. The molecule has 3 nitrogen and oxygen atoms in total. The second kappa shape index (κ2) is 4.80. The fraction of sp³-hybridized carbons (Fsp3) is 0.588. The van der Waals surface area contributed by atoms with Crippen molar-refractivity contribution in [3.63, 3.8) is 0 Å². The van der Waals surface area contributed by atoms with Gasteiger partial charge in [-0.15, -0.1) is 0 Å². The van der Waals surface area contributed by atoms with Crippen LogP contribution < -0.4 is 0 Å². The predicted molar refractivity (Wildman–Crippen MR) is 77.9 cm³/mol.